The van der Waals surface area contributed by atoms with E-state index in [1.54, 1.807) is 6.07 Å². The Labute approximate surface area is 169 Å². The van der Waals surface area contributed by atoms with Gasteiger partial charge in [-0.25, -0.2) is 4.99 Å². The van der Waals surface area contributed by atoms with Crippen molar-refractivity contribution in [2.75, 3.05) is 50.9 Å². The number of anilines is 1. The summed E-state index contributed by atoms with van der Waals surface area (Å²) in [6.45, 7) is 6.06. The monoisotopic (exact) mass is 414 g/mol. The third-order valence-electron chi connectivity index (χ3n) is 5.05. The lowest BCUT2D eigenvalue weighted by molar-refractivity contribution is -0.138. The Bertz CT molecular complexity index is 685. The Morgan fingerprint density at radius 1 is 1.21 bits per heavy atom. The largest absolute Gasteiger partial charge is 0.416 e. The fraction of sp³-hybridized carbons (Fsp3) is 0.650. The second kappa shape index (κ2) is 10.2. The molecule has 0 aliphatic carbocycles. The van der Waals surface area contributed by atoms with Gasteiger partial charge >= 0.3 is 6.18 Å². The molecular formula is C20H29F3N4O2. The van der Waals surface area contributed by atoms with E-state index in [1.165, 1.54) is 12.1 Å². The van der Waals surface area contributed by atoms with E-state index in [2.05, 4.69) is 15.6 Å². The Morgan fingerprint density at radius 2 is 2.00 bits per heavy atom. The van der Waals surface area contributed by atoms with Crippen LogP contribution < -0.4 is 15.5 Å². The number of ether oxygens (including phenoxy) is 2. The average Bonchev–Trinajstić information content (AvgIpc) is 3.23. The van der Waals surface area contributed by atoms with Gasteiger partial charge in [-0.05, 0) is 37.5 Å². The van der Waals surface area contributed by atoms with Crippen LogP contribution in [-0.2, 0) is 22.2 Å². The number of nitrogens with zero attached hydrogens (tertiary/aromatic N) is 2. The molecule has 2 saturated heterocycles. The highest BCUT2D eigenvalue weighted by atomic mass is 19.4. The molecule has 162 valence electrons. The molecule has 9 heteroatoms. The minimum Gasteiger partial charge on any atom is -0.378 e. The highest BCUT2D eigenvalue weighted by molar-refractivity contribution is 5.79. The molecule has 2 aliphatic heterocycles. The van der Waals surface area contributed by atoms with Crippen LogP contribution in [0, 0.1) is 0 Å². The first kappa shape index (κ1) is 21.7. The van der Waals surface area contributed by atoms with Crippen LogP contribution in [0.15, 0.2) is 23.2 Å². The van der Waals surface area contributed by atoms with Crippen LogP contribution in [0.2, 0.25) is 0 Å². The van der Waals surface area contributed by atoms with E-state index in [4.69, 9.17) is 9.47 Å². The molecule has 1 aromatic carbocycles. The van der Waals surface area contributed by atoms with E-state index < -0.39 is 11.7 Å². The lowest BCUT2D eigenvalue weighted by Crippen LogP contribution is -2.41. The van der Waals surface area contributed by atoms with Crippen LogP contribution >= 0.6 is 0 Å². The number of hydrogen-bond donors (Lipinski definition) is 2. The molecule has 2 N–H and O–H groups in total. The minimum absolute atomic E-state index is 0.0565. The zero-order valence-corrected chi connectivity index (χ0v) is 16.7. The van der Waals surface area contributed by atoms with Gasteiger partial charge in [0.1, 0.15) is 0 Å². The predicted octanol–water partition coefficient (Wildman–Crippen LogP) is 2.78. The number of aliphatic imine (C=N–C) groups is 1. The summed E-state index contributed by atoms with van der Waals surface area (Å²) in [5.74, 6) is 0.494. The summed E-state index contributed by atoms with van der Waals surface area (Å²) < 4.78 is 51.9. The van der Waals surface area contributed by atoms with E-state index in [0.717, 1.165) is 19.4 Å². The van der Waals surface area contributed by atoms with Crippen molar-refractivity contribution in [3.8, 4) is 0 Å². The number of hydrogen-bond acceptors (Lipinski definition) is 4. The van der Waals surface area contributed by atoms with Gasteiger partial charge in [0.25, 0.3) is 0 Å². The number of morpholine rings is 1. The first-order valence-electron chi connectivity index (χ1n) is 10.1. The van der Waals surface area contributed by atoms with Crippen molar-refractivity contribution in [3.63, 3.8) is 0 Å². The minimum atomic E-state index is -4.43. The summed E-state index contributed by atoms with van der Waals surface area (Å²) in [5.41, 5.74) is 0.0841. The summed E-state index contributed by atoms with van der Waals surface area (Å²) in [6.07, 6.45) is -2.30. The van der Waals surface area contributed by atoms with Gasteiger partial charge in [0.05, 0.1) is 31.4 Å². The van der Waals surface area contributed by atoms with Gasteiger partial charge in [-0.3, -0.25) is 0 Å². The maximum atomic E-state index is 13.7. The van der Waals surface area contributed by atoms with E-state index in [0.29, 0.717) is 51.0 Å². The number of guanidine groups is 1. The molecule has 0 radical (unpaired) electrons. The van der Waals surface area contributed by atoms with Crippen molar-refractivity contribution < 1.29 is 22.6 Å². The van der Waals surface area contributed by atoms with Gasteiger partial charge in [-0.15, -0.1) is 0 Å². The summed E-state index contributed by atoms with van der Waals surface area (Å²) in [5, 5.41) is 6.24. The van der Waals surface area contributed by atoms with Crippen LogP contribution in [0.1, 0.15) is 30.9 Å². The van der Waals surface area contributed by atoms with Crippen molar-refractivity contribution in [1.82, 2.24) is 10.6 Å². The molecule has 1 atom stereocenters. The third-order valence-corrected chi connectivity index (χ3v) is 5.05. The maximum Gasteiger partial charge on any atom is 0.416 e. The van der Waals surface area contributed by atoms with Crippen molar-refractivity contribution in [2.45, 2.75) is 38.6 Å². The molecule has 0 amide bonds. The Kier molecular flexibility index (Phi) is 7.60. The lowest BCUT2D eigenvalue weighted by atomic mass is 10.1. The van der Waals surface area contributed by atoms with E-state index in [1.807, 2.05) is 11.8 Å². The second-order valence-electron chi connectivity index (χ2n) is 7.15. The summed E-state index contributed by atoms with van der Waals surface area (Å²) in [4.78, 5) is 6.28. The predicted molar refractivity (Wildman–Crippen MR) is 106 cm³/mol. The zero-order valence-electron chi connectivity index (χ0n) is 16.7. The third kappa shape index (κ3) is 6.24. The highest BCUT2D eigenvalue weighted by Gasteiger charge is 2.34. The van der Waals surface area contributed by atoms with Gasteiger partial charge in [-0.1, -0.05) is 6.07 Å². The molecular weight excluding hydrogens is 385 g/mol. The first-order chi connectivity index (χ1) is 14.0. The van der Waals surface area contributed by atoms with Crippen molar-refractivity contribution >= 4 is 11.6 Å². The lowest BCUT2D eigenvalue weighted by Gasteiger charge is -2.29. The number of rotatable bonds is 6. The number of alkyl halides is 3. The summed E-state index contributed by atoms with van der Waals surface area (Å²) in [7, 11) is 0. The summed E-state index contributed by atoms with van der Waals surface area (Å²) >= 11 is 0. The molecule has 3 rings (SSSR count). The molecule has 0 spiro atoms. The standard InChI is InChI=1S/C20H29F3N4O2/c1-2-24-19(26-14-17-4-3-9-29-17)25-13-15-5-6-16(12-18(15)20(21,22)23)27-7-10-28-11-8-27/h5-6,12,17H,2-4,7-11,13-14H2,1H3,(H2,24,25,26). The molecule has 6 nitrogen and oxygen atoms in total. The fourth-order valence-corrected chi connectivity index (χ4v) is 3.51. The molecule has 0 saturated carbocycles. The van der Waals surface area contributed by atoms with Crippen LogP contribution in [0.4, 0.5) is 18.9 Å². The van der Waals surface area contributed by atoms with Crippen molar-refractivity contribution in [1.29, 1.82) is 0 Å². The molecule has 0 aromatic heterocycles. The first-order valence-corrected chi connectivity index (χ1v) is 10.1. The quantitative estimate of drug-likeness (QED) is 0.554. The van der Waals surface area contributed by atoms with Crippen molar-refractivity contribution in [2.24, 2.45) is 4.99 Å². The van der Waals surface area contributed by atoms with Gasteiger partial charge in [-0.2, -0.15) is 13.2 Å². The fourth-order valence-electron chi connectivity index (χ4n) is 3.51. The smallest absolute Gasteiger partial charge is 0.378 e. The average molecular weight is 414 g/mol. The molecule has 1 unspecified atom stereocenters. The van der Waals surface area contributed by atoms with Crippen LogP contribution in [0.25, 0.3) is 0 Å². The zero-order chi connectivity index (χ0) is 20.7. The van der Waals surface area contributed by atoms with Crippen molar-refractivity contribution in [3.05, 3.63) is 29.3 Å². The summed E-state index contributed by atoms with van der Waals surface area (Å²) in [6, 6.07) is 4.49. The van der Waals surface area contributed by atoms with E-state index >= 15 is 0 Å². The molecule has 2 fully saturated rings. The topological polar surface area (TPSA) is 58.1 Å². The molecule has 2 aliphatic rings. The molecule has 29 heavy (non-hydrogen) atoms. The number of halogens is 3. The van der Waals surface area contributed by atoms with Crippen LogP contribution in [0.3, 0.4) is 0 Å². The second-order valence-corrected chi connectivity index (χ2v) is 7.15. The van der Waals surface area contributed by atoms with Gasteiger partial charge in [0, 0.05) is 38.5 Å². The van der Waals surface area contributed by atoms with Crippen LogP contribution in [-0.4, -0.2) is 58.1 Å². The Hall–Kier alpha value is -2.00. The van der Waals surface area contributed by atoms with Gasteiger partial charge < -0.3 is 25.0 Å². The van der Waals surface area contributed by atoms with Gasteiger partial charge in [0.15, 0.2) is 5.96 Å². The SMILES string of the molecule is CCNC(=NCc1ccc(N2CCOCC2)cc1C(F)(F)F)NCC1CCCO1. The number of benzene rings is 1. The highest BCUT2D eigenvalue weighted by Crippen LogP contribution is 2.35. The Balaban J connectivity index is 1.73. The molecule has 0 bridgehead atoms. The maximum absolute atomic E-state index is 13.7. The van der Waals surface area contributed by atoms with E-state index in [9.17, 15) is 13.2 Å². The van der Waals surface area contributed by atoms with E-state index in [-0.39, 0.29) is 18.2 Å². The molecule has 2 heterocycles. The Morgan fingerprint density at radius 3 is 2.66 bits per heavy atom. The normalized spacial score (nSPS) is 20.8. The number of nitrogens with one attached hydrogen (secondary N) is 2. The van der Waals surface area contributed by atoms with Gasteiger partial charge in [0.2, 0.25) is 0 Å². The van der Waals surface area contributed by atoms with Crippen LogP contribution in [0.5, 0.6) is 0 Å². The molecule has 1 aromatic rings.